The van der Waals surface area contributed by atoms with E-state index >= 15 is 0 Å². The fourth-order valence-corrected chi connectivity index (χ4v) is 2.75. The Morgan fingerprint density at radius 2 is 1.78 bits per heavy atom. The molecule has 0 aliphatic heterocycles. The molecule has 2 aromatic carbocycles. The molecule has 0 saturated heterocycles. The van der Waals surface area contributed by atoms with Gasteiger partial charge in [0.2, 0.25) is 17.0 Å². The highest BCUT2D eigenvalue weighted by atomic mass is 32.2. The molecule has 0 aliphatic carbocycles. The summed E-state index contributed by atoms with van der Waals surface area (Å²) in [4.78, 5) is 27.8. The smallest absolute Gasteiger partial charge is 0.243 e. The maximum atomic E-state index is 12.8. The van der Waals surface area contributed by atoms with E-state index in [1.165, 1.54) is 36.0 Å². The van der Waals surface area contributed by atoms with E-state index in [4.69, 9.17) is 0 Å². The summed E-state index contributed by atoms with van der Waals surface area (Å²) in [6.45, 7) is -0.178. The van der Waals surface area contributed by atoms with Crippen LogP contribution in [0.2, 0.25) is 0 Å². The van der Waals surface area contributed by atoms with E-state index in [9.17, 15) is 14.0 Å². The summed E-state index contributed by atoms with van der Waals surface area (Å²) in [6, 6.07) is 14.9. The molecule has 9 heteroatoms. The second-order valence-corrected chi connectivity index (χ2v) is 6.37. The first kappa shape index (κ1) is 18.6. The quantitative estimate of drug-likeness (QED) is 0.609. The minimum absolute atomic E-state index is 0.0859. The molecule has 0 atom stereocenters. The second kappa shape index (κ2) is 8.95. The number of nitrogens with zero attached hydrogens (tertiary/aromatic N) is 3. The number of aromatic nitrogens is 3. The minimum atomic E-state index is -0.397. The summed E-state index contributed by atoms with van der Waals surface area (Å²) in [5, 5.41) is 9.83. The molecule has 0 saturated carbocycles. The standard InChI is InChI=1S/C18H16FN5O2S/c19-13-6-8-14(9-7-13)22-16(25)10-20-17(26)11-27-18-21-12-24(23-18)15-4-2-1-3-5-15/h1-9,12H,10-11H2,(H,20,26)(H,22,25). The number of carbonyl (C=O) groups is 2. The molecule has 3 rings (SSSR count). The Hall–Kier alpha value is -3.20. The van der Waals surface area contributed by atoms with E-state index in [1.807, 2.05) is 30.3 Å². The zero-order valence-electron chi connectivity index (χ0n) is 14.1. The Morgan fingerprint density at radius 3 is 2.52 bits per heavy atom. The molecule has 0 bridgehead atoms. The van der Waals surface area contributed by atoms with Crippen molar-refractivity contribution >= 4 is 29.3 Å². The van der Waals surface area contributed by atoms with Gasteiger partial charge in [0.1, 0.15) is 12.1 Å². The van der Waals surface area contributed by atoms with Crippen LogP contribution >= 0.6 is 11.8 Å². The molecule has 0 radical (unpaired) electrons. The summed E-state index contributed by atoms with van der Waals surface area (Å²) in [6.07, 6.45) is 1.58. The summed E-state index contributed by atoms with van der Waals surface area (Å²) in [5.74, 6) is -1.01. The van der Waals surface area contributed by atoms with Gasteiger partial charge < -0.3 is 10.6 Å². The number of hydrogen-bond donors (Lipinski definition) is 2. The number of thioether (sulfide) groups is 1. The zero-order valence-corrected chi connectivity index (χ0v) is 14.9. The highest BCUT2D eigenvalue weighted by Crippen LogP contribution is 2.13. The number of anilines is 1. The summed E-state index contributed by atoms with van der Waals surface area (Å²) in [7, 11) is 0. The predicted molar refractivity (Wildman–Crippen MR) is 100 cm³/mol. The van der Waals surface area contributed by atoms with E-state index in [0.29, 0.717) is 10.8 Å². The van der Waals surface area contributed by atoms with Crippen LogP contribution < -0.4 is 10.6 Å². The molecular formula is C18H16FN5O2S. The lowest BCUT2D eigenvalue weighted by molar-refractivity contribution is -0.122. The van der Waals surface area contributed by atoms with Crippen LogP contribution in [0.3, 0.4) is 0 Å². The number of para-hydroxylation sites is 1. The Labute approximate surface area is 159 Å². The van der Waals surface area contributed by atoms with Crippen molar-refractivity contribution in [3.63, 3.8) is 0 Å². The topological polar surface area (TPSA) is 88.9 Å². The second-order valence-electron chi connectivity index (χ2n) is 5.43. The van der Waals surface area contributed by atoms with E-state index in [2.05, 4.69) is 20.7 Å². The molecule has 138 valence electrons. The normalized spacial score (nSPS) is 10.4. The molecule has 0 fully saturated rings. The van der Waals surface area contributed by atoms with Crippen LogP contribution in [0, 0.1) is 5.82 Å². The third kappa shape index (κ3) is 5.65. The van der Waals surface area contributed by atoms with E-state index in [1.54, 1.807) is 11.0 Å². The molecule has 0 unspecified atom stereocenters. The molecule has 7 nitrogen and oxygen atoms in total. The van der Waals surface area contributed by atoms with Crippen LogP contribution in [0.1, 0.15) is 0 Å². The maximum absolute atomic E-state index is 12.8. The lowest BCUT2D eigenvalue weighted by Crippen LogP contribution is -2.33. The highest BCUT2D eigenvalue weighted by Gasteiger charge is 2.09. The molecule has 1 aromatic heterocycles. The first-order valence-electron chi connectivity index (χ1n) is 8.02. The largest absolute Gasteiger partial charge is 0.346 e. The summed E-state index contributed by atoms with van der Waals surface area (Å²) >= 11 is 1.17. The Bertz CT molecular complexity index is 915. The molecule has 27 heavy (non-hydrogen) atoms. The molecule has 2 amide bonds. The van der Waals surface area contributed by atoms with Gasteiger partial charge in [-0.3, -0.25) is 9.59 Å². The van der Waals surface area contributed by atoms with Gasteiger partial charge in [0.05, 0.1) is 18.0 Å². The molecular weight excluding hydrogens is 369 g/mol. The monoisotopic (exact) mass is 385 g/mol. The molecule has 1 heterocycles. The van der Waals surface area contributed by atoms with Crippen molar-refractivity contribution in [1.29, 1.82) is 0 Å². The fourth-order valence-electron chi connectivity index (χ4n) is 2.12. The van der Waals surface area contributed by atoms with Gasteiger partial charge in [-0.2, -0.15) is 0 Å². The fraction of sp³-hybridized carbons (Fsp3) is 0.111. The number of rotatable bonds is 7. The van der Waals surface area contributed by atoms with Gasteiger partial charge in [0.25, 0.3) is 0 Å². The number of hydrogen-bond acceptors (Lipinski definition) is 5. The van der Waals surface area contributed by atoms with Crippen LogP contribution in [-0.4, -0.2) is 38.9 Å². The Kier molecular flexibility index (Phi) is 6.16. The number of benzene rings is 2. The first-order valence-corrected chi connectivity index (χ1v) is 9.01. The van der Waals surface area contributed by atoms with Crippen molar-refractivity contribution in [2.24, 2.45) is 0 Å². The first-order chi connectivity index (χ1) is 13.1. The van der Waals surface area contributed by atoms with Crippen LogP contribution in [0.15, 0.2) is 66.1 Å². The molecule has 2 N–H and O–H groups in total. The average Bonchev–Trinajstić information content (AvgIpc) is 3.16. The molecule has 0 spiro atoms. The van der Waals surface area contributed by atoms with Crippen molar-refractivity contribution < 1.29 is 14.0 Å². The number of nitrogens with one attached hydrogen (secondary N) is 2. The van der Waals surface area contributed by atoms with Crippen molar-refractivity contribution in [3.05, 3.63) is 66.7 Å². The van der Waals surface area contributed by atoms with Crippen LogP contribution in [0.25, 0.3) is 5.69 Å². The van der Waals surface area contributed by atoms with Gasteiger partial charge in [-0.25, -0.2) is 14.1 Å². The summed E-state index contributed by atoms with van der Waals surface area (Å²) < 4.78 is 14.4. The average molecular weight is 385 g/mol. The van der Waals surface area contributed by atoms with Crippen molar-refractivity contribution in [2.75, 3.05) is 17.6 Å². The SMILES string of the molecule is O=C(CSc1ncn(-c2ccccc2)n1)NCC(=O)Nc1ccc(F)cc1. The lowest BCUT2D eigenvalue weighted by Gasteiger charge is -2.06. The number of amides is 2. The predicted octanol–water partition coefficient (Wildman–Crippen LogP) is 2.25. The van der Waals surface area contributed by atoms with E-state index in [0.717, 1.165) is 5.69 Å². The molecule has 0 aliphatic rings. The van der Waals surface area contributed by atoms with Crippen LogP contribution in [0.5, 0.6) is 0 Å². The van der Waals surface area contributed by atoms with Crippen LogP contribution in [0.4, 0.5) is 10.1 Å². The molecule has 3 aromatic rings. The van der Waals surface area contributed by atoms with Crippen LogP contribution in [-0.2, 0) is 9.59 Å². The number of carbonyl (C=O) groups excluding carboxylic acids is 2. The van der Waals surface area contributed by atoms with Crippen molar-refractivity contribution in [1.82, 2.24) is 20.1 Å². The number of halogens is 1. The van der Waals surface area contributed by atoms with Gasteiger partial charge >= 0.3 is 0 Å². The van der Waals surface area contributed by atoms with Gasteiger partial charge in [0.15, 0.2) is 0 Å². The lowest BCUT2D eigenvalue weighted by atomic mass is 10.3. The van der Waals surface area contributed by atoms with Gasteiger partial charge in [-0.05, 0) is 36.4 Å². The van der Waals surface area contributed by atoms with Crippen molar-refractivity contribution in [2.45, 2.75) is 5.16 Å². The van der Waals surface area contributed by atoms with Gasteiger partial charge in [-0.15, -0.1) is 5.10 Å². The van der Waals surface area contributed by atoms with Gasteiger partial charge in [0, 0.05) is 5.69 Å². The summed E-state index contributed by atoms with van der Waals surface area (Å²) in [5.41, 5.74) is 1.33. The maximum Gasteiger partial charge on any atom is 0.243 e. The third-order valence-corrected chi connectivity index (χ3v) is 4.25. The van der Waals surface area contributed by atoms with Crippen molar-refractivity contribution in [3.8, 4) is 5.69 Å². The Balaban J connectivity index is 1.41. The van der Waals surface area contributed by atoms with E-state index in [-0.39, 0.29) is 24.0 Å². The highest BCUT2D eigenvalue weighted by molar-refractivity contribution is 7.99. The Morgan fingerprint density at radius 1 is 1.04 bits per heavy atom. The van der Waals surface area contributed by atoms with Gasteiger partial charge in [-0.1, -0.05) is 30.0 Å². The zero-order chi connectivity index (χ0) is 19.1. The minimum Gasteiger partial charge on any atom is -0.346 e. The third-order valence-electron chi connectivity index (χ3n) is 3.40. The van der Waals surface area contributed by atoms with E-state index < -0.39 is 5.91 Å².